The number of carbonyl (C=O) groups excluding carboxylic acids is 1. The summed E-state index contributed by atoms with van der Waals surface area (Å²) in [7, 11) is -2.08. The van der Waals surface area contributed by atoms with E-state index in [1.54, 1.807) is 39.0 Å². The maximum absolute atomic E-state index is 12.2. The fourth-order valence-electron chi connectivity index (χ4n) is 1.71. The van der Waals surface area contributed by atoms with Crippen molar-refractivity contribution in [2.24, 2.45) is 0 Å². The van der Waals surface area contributed by atoms with E-state index in [4.69, 9.17) is 0 Å². The predicted molar refractivity (Wildman–Crippen MR) is 79.1 cm³/mol. The van der Waals surface area contributed by atoms with Gasteiger partial charge >= 0.3 is 0 Å². The van der Waals surface area contributed by atoms with Crippen LogP contribution in [0.1, 0.15) is 20.8 Å². The van der Waals surface area contributed by atoms with Gasteiger partial charge in [0.2, 0.25) is 15.9 Å². The Labute approximate surface area is 120 Å². The first-order chi connectivity index (χ1) is 9.27. The minimum absolute atomic E-state index is 0.129. The lowest BCUT2D eigenvalue weighted by Crippen LogP contribution is -2.36. The maximum Gasteiger partial charge on any atom is 0.242 e. The zero-order valence-electron chi connectivity index (χ0n) is 12.1. The molecule has 0 aliphatic rings. The highest BCUT2D eigenvalue weighted by atomic mass is 32.2. The van der Waals surface area contributed by atoms with Crippen LogP contribution in [0.2, 0.25) is 0 Å². The maximum atomic E-state index is 12.2. The lowest BCUT2D eigenvalue weighted by molar-refractivity contribution is -0.121. The minimum atomic E-state index is -3.61. The summed E-state index contributed by atoms with van der Waals surface area (Å²) in [6.07, 6.45) is 0. The largest absolute Gasteiger partial charge is 0.373 e. The average molecular weight is 299 g/mol. The first kappa shape index (κ1) is 16.5. The third-order valence-corrected chi connectivity index (χ3v) is 4.30. The van der Waals surface area contributed by atoms with Crippen LogP contribution in [0.4, 0.5) is 5.69 Å². The highest BCUT2D eigenvalue weighted by molar-refractivity contribution is 7.89. The van der Waals surface area contributed by atoms with E-state index >= 15 is 0 Å². The van der Waals surface area contributed by atoms with Crippen LogP contribution in [0.15, 0.2) is 29.2 Å². The number of likely N-dealkylation sites (N-methyl/N-ethyl adjacent to an activating group) is 1. The van der Waals surface area contributed by atoms with Crippen molar-refractivity contribution in [3.8, 4) is 0 Å². The van der Waals surface area contributed by atoms with Gasteiger partial charge in [-0.2, -0.15) is 0 Å². The van der Waals surface area contributed by atoms with E-state index in [1.165, 1.54) is 13.1 Å². The zero-order valence-corrected chi connectivity index (χ0v) is 12.9. The number of nitrogens with one attached hydrogen (secondary N) is 3. The molecule has 0 saturated carbocycles. The van der Waals surface area contributed by atoms with Crippen molar-refractivity contribution in [2.75, 3.05) is 12.4 Å². The summed E-state index contributed by atoms with van der Waals surface area (Å²) in [5, 5.41) is 5.42. The number of sulfonamides is 1. The first-order valence-electron chi connectivity index (χ1n) is 6.37. The molecule has 1 unspecified atom stereocenters. The number of benzene rings is 1. The number of anilines is 1. The fourth-order valence-corrected chi connectivity index (χ4v) is 3.13. The predicted octanol–water partition coefficient (Wildman–Crippen LogP) is 0.920. The van der Waals surface area contributed by atoms with E-state index in [-0.39, 0.29) is 16.8 Å². The van der Waals surface area contributed by atoms with Crippen LogP contribution in [-0.2, 0) is 14.8 Å². The Morgan fingerprint density at radius 1 is 1.15 bits per heavy atom. The average Bonchev–Trinajstić information content (AvgIpc) is 2.36. The van der Waals surface area contributed by atoms with Crippen LogP contribution >= 0.6 is 0 Å². The van der Waals surface area contributed by atoms with Crippen LogP contribution < -0.4 is 15.4 Å². The Hall–Kier alpha value is -1.60. The van der Waals surface area contributed by atoms with Crippen LogP contribution in [0, 0.1) is 0 Å². The fraction of sp³-hybridized carbons (Fsp3) is 0.462. The molecule has 1 aromatic rings. The molecule has 0 saturated heterocycles. The number of hydrogen-bond donors (Lipinski definition) is 3. The Morgan fingerprint density at radius 3 is 2.30 bits per heavy atom. The monoisotopic (exact) mass is 299 g/mol. The van der Waals surface area contributed by atoms with Gasteiger partial charge < -0.3 is 10.6 Å². The molecule has 0 heterocycles. The number of carbonyl (C=O) groups is 1. The van der Waals surface area contributed by atoms with Crippen LogP contribution in [0.25, 0.3) is 0 Å². The topological polar surface area (TPSA) is 87.3 Å². The van der Waals surface area contributed by atoms with Crippen molar-refractivity contribution < 1.29 is 13.2 Å². The molecule has 0 spiro atoms. The highest BCUT2D eigenvalue weighted by Gasteiger charge is 2.21. The van der Waals surface area contributed by atoms with Crippen molar-refractivity contribution in [3.63, 3.8) is 0 Å². The van der Waals surface area contributed by atoms with Crippen molar-refractivity contribution >= 4 is 21.6 Å². The number of rotatable bonds is 6. The third kappa shape index (κ3) is 4.21. The van der Waals surface area contributed by atoms with E-state index in [0.29, 0.717) is 5.69 Å². The molecule has 112 valence electrons. The van der Waals surface area contributed by atoms with Crippen molar-refractivity contribution in [2.45, 2.75) is 37.8 Å². The van der Waals surface area contributed by atoms with E-state index in [0.717, 1.165) is 0 Å². The summed E-state index contributed by atoms with van der Waals surface area (Å²) in [5.41, 5.74) is 0.400. The Kier molecular flexibility index (Phi) is 5.52. The van der Waals surface area contributed by atoms with Gasteiger partial charge in [0.1, 0.15) is 10.9 Å². The van der Waals surface area contributed by atoms with Crippen molar-refractivity contribution in [1.82, 2.24) is 10.0 Å². The van der Waals surface area contributed by atoms with E-state index in [9.17, 15) is 13.2 Å². The normalized spacial score (nSPS) is 13.1. The molecule has 0 radical (unpaired) electrons. The number of hydrogen-bond acceptors (Lipinski definition) is 4. The van der Waals surface area contributed by atoms with Crippen molar-refractivity contribution in [3.05, 3.63) is 24.3 Å². The molecule has 1 aromatic carbocycles. The molecule has 1 rings (SSSR count). The number of amides is 1. The van der Waals surface area contributed by atoms with Gasteiger partial charge in [-0.1, -0.05) is 12.1 Å². The van der Waals surface area contributed by atoms with Gasteiger partial charge in [0, 0.05) is 13.1 Å². The summed E-state index contributed by atoms with van der Waals surface area (Å²) in [4.78, 5) is 11.6. The second-order valence-electron chi connectivity index (χ2n) is 4.75. The van der Waals surface area contributed by atoms with Crippen molar-refractivity contribution in [1.29, 1.82) is 0 Å². The second-order valence-corrected chi connectivity index (χ2v) is 6.43. The molecule has 3 N–H and O–H groups in total. The first-order valence-corrected chi connectivity index (χ1v) is 7.85. The molecule has 20 heavy (non-hydrogen) atoms. The Bertz CT molecular complexity index is 570. The lowest BCUT2D eigenvalue weighted by atomic mass is 10.2. The van der Waals surface area contributed by atoms with Crippen LogP contribution in [0.3, 0.4) is 0 Å². The Balaban J connectivity index is 3.08. The smallest absolute Gasteiger partial charge is 0.242 e. The quantitative estimate of drug-likeness (QED) is 0.729. The summed E-state index contributed by atoms with van der Waals surface area (Å²) < 4.78 is 27.0. The van der Waals surface area contributed by atoms with Gasteiger partial charge in [-0.05, 0) is 32.9 Å². The summed E-state index contributed by atoms with van der Waals surface area (Å²) >= 11 is 0. The molecular weight excluding hydrogens is 278 g/mol. The molecule has 0 bridgehead atoms. The Morgan fingerprint density at radius 2 is 1.75 bits per heavy atom. The number of para-hydroxylation sites is 1. The highest BCUT2D eigenvalue weighted by Crippen LogP contribution is 2.21. The molecule has 6 nitrogen and oxygen atoms in total. The molecule has 1 amide bonds. The van der Waals surface area contributed by atoms with Gasteiger partial charge in [-0.15, -0.1) is 0 Å². The second kappa shape index (κ2) is 6.71. The molecular formula is C13H21N3O3S. The molecule has 0 aliphatic carbocycles. The minimum Gasteiger partial charge on any atom is -0.373 e. The van der Waals surface area contributed by atoms with Gasteiger partial charge in [0.05, 0.1) is 5.69 Å². The molecule has 0 aliphatic heterocycles. The van der Waals surface area contributed by atoms with Crippen LogP contribution in [-0.4, -0.2) is 33.5 Å². The van der Waals surface area contributed by atoms with Gasteiger partial charge in [-0.25, -0.2) is 13.1 Å². The van der Waals surface area contributed by atoms with E-state index in [1.807, 2.05) is 0 Å². The molecule has 7 heteroatoms. The summed E-state index contributed by atoms with van der Waals surface area (Å²) in [5.74, 6) is -0.214. The molecule has 0 aromatic heterocycles. The van der Waals surface area contributed by atoms with Gasteiger partial charge in [0.25, 0.3) is 0 Å². The zero-order chi connectivity index (χ0) is 15.3. The standard InChI is InChI=1S/C13H21N3O3S/c1-9(2)16-20(18,19)12-8-6-5-7-11(12)15-10(3)13(17)14-4/h5-10,15-16H,1-4H3,(H,14,17). The van der Waals surface area contributed by atoms with E-state index < -0.39 is 16.1 Å². The van der Waals surface area contributed by atoms with Gasteiger partial charge in [-0.3, -0.25) is 4.79 Å². The third-order valence-electron chi connectivity index (χ3n) is 2.58. The van der Waals surface area contributed by atoms with E-state index in [2.05, 4.69) is 15.4 Å². The summed E-state index contributed by atoms with van der Waals surface area (Å²) in [6.45, 7) is 5.17. The molecule has 0 fully saturated rings. The van der Waals surface area contributed by atoms with Crippen LogP contribution in [0.5, 0.6) is 0 Å². The van der Waals surface area contributed by atoms with Gasteiger partial charge in [0.15, 0.2) is 0 Å². The SMILES string of the molecule is CNC(=O)C(C)Nc1ccccc1S(=O)(=O)NC(C)C. The summed E-state index contributed by atoms with van der Waals surface area (Å²) in [6, 6.07) is 5.76. The molecule has 1 atom stereocenters. The lowest BCUT2D eigenvalue weighted by Gasteiger charge is -2.18.